The number of morpholine rings is 1. The van der Waals surface area contributed by atoms with Gasteiger partial charge >= 0.3 is 18.2 Å². The zero-order valence-electron chi connectivity index (χ0n) is 16.2. The number of alkyl halides is 3. The molecule has 12 heteroatoms. The van der Waals surface area contributed by atoms with Crippen molar-refractivity contribution in [2.75, 3.05) is 51.8 Å². The van der Waals surface area contributed by atoms with Crippen molar-refractivity contribution < 1.29 is 32.6 Å². The highest BCUT2D eigenvalue weighted by molar-refractivity contribution is 5.74. The summed E-state index contributed by atoms with van der Waals surface area (Å²) in [5, 5.41) is 7.12. The Morgan fingerprint density at radius 3 is 2.48 bits per heavy atom. The van der Waals surface area contributed by atoms with Gasteiger partial charge in [-0.2, -0.15) is 13.2 Å². The number of ether oxygens (including phenoxy) is 1. The molecule has 1 N–H and O–H groups in total. The molecule has 29 heavy (non-hydrogen) atoms. The maximum atomic E-state index is 12.2. The van der Waals surface area contributed by atoms with Gasteiger partial charge in [0.1, 0.15) is 11.4 Å². The smallest absolute Gasteiger partial charge is 0.475 e. The van der Waals surface area contributed by atoms with E-state index in [1.165, 1.54) is 0 Å². The van der Waals surface area contributed by atoms with E-state index in [4.69, 9.17) is 14.6 Å². The predicted molar refractivity (Wildman–Crippen MR) is 96.5 cm³/mol. The van der Waals surface area contributed by atoms with Crippen LogP contribution in [0, 0.1) is 0 Å². The molecule has 1 atom stereocenters. The number of hydrogen-bond donors (Lipinski definition) is 1. The number of hydrogen-bond acceptors (Lipinski definition) is 6. The van der Waals surface area contributed by atoms with Crippen LogP contribution in [0.1, 0.15) is 12.8 Å². The van der Waals surface area contributed by atoms with Crippen LogP contribution < -0.4 is 4.90 Å². The van der Waals surface area contributed by atoms with Gasteiger partial charge in [0.05, 0.1) is 25.9 Å². The van der Waals surface area contributed by atoms with Gasteiger partial charge in [0, 0.05) is 39.6 Å². The third-order valence-corrected chi connectivity index (χ3v) is 4.56. The molecule has 2 aliphatic heterocycles. The number of urea groups is 1. The molecule has 9 nitrogen and oxygen atoms in total. The van der Waals surface area contributed by atoms with E-state index in [1.807, 2.05) is 4.90 Å². The Balaban J connectivity index is 0.000000370. The highest BCUT2D eigenvalue weighted by Gasteiger charge is 2.42. The highest BCUT2D eigenvalue weighted by Crippen LogP contribution is 2.31. The fourth-order valence-electron chi connectivity index (χ4n) is 3.29. The maximum Gasteiger partial charge on any atom is 0.490 e. The Kier molecular flexibility index (Phi) is 7.22. The van der Waals surface area contributed by atoms with Gasteiger partial charge in [-0.05, 0) is 12.8 Å². The van der Waals surface area contributed by atoms with Gasteiger partial charge in [-0.3, -0.25) is 4.98 Å². The van der Waals surface area contributed by atoms with Crippen molar-refractivity contribution in [1.29, 1.82) is 0 Å². The summed E-state index contributed by atoms with van der Waals surface area (Å²) in [6, 6.07) is 0.0549. The van der Waals surface area contributed by atoms with Crippen LogP contribution in [-0.4, -0.2) is 95.5 Å². The lowest BCUT2D eigenvalue weighted by atomic mass is 9.90. The summed E-state index contributed by atoms with van der Waals surface area (Å²) >= 11 is 0. The van der Waals surface area contributed by atoms with Gasteiger partial charge in [0.2, 0.25) is 0 Å². The summed E-state index contributed by atoms with van der Waals surface area (Å²) < 4.78 is 37.9. The predicted octanol–water partition coefficient (Wildman–Crippen LogP) is 1.46. The summed E-state index contributed by atoms with van der Waals surface area (Å²) in [4.78, 5) is 35.4. The summed E-state index contributed by atoms with van der Waals surface area (Å²) in [5.41, 5.74) is -0.292. The third-order valence-electron chi connectivity index (χ3n) is 4.56. The molecule has 2 saturated heterocycles. The quantitative estimate of drug-likeness (QED) is 0.736. The molecule has 2 aliphatic rings. The Morgan fingerprint density at radius 1 is 1.24 bits per heavy atom. The lowest BCUT2D eigenvalue weighted by Crippen LogP contribution is -2.61. The maximum absolute atomic E-state index is 12.2. The minimum Gasteiger partial charge on any atom is -0.475 e. The number of carboxylic acid groups (broad SMARTS) is 1. The van der Waals surface area contributed by atoms with Crippen LogP contribution in [-0.2, 0) is 9.53 Å². The number of carbonyl (C=O) groups is 2. The Bertz CT molecular complexity index is 700. The van der Waals surface area contributed by atoms with E-state index >= 15 is 0 Å². The summed E-state index contributed by atoms with van der Waals surface area (Å²) in [6.07, 6.45) is 2.09. The monoisotopic (exact) mass is 419 g/mol. The summed E-state index contributed by atoms with van der Waals surface area (Å²) in [5.74, 6) is -1.88. The van der Waals surface area contributed by atoms with Crippen LogP contribution in [0.25, 0.3) is 0 Å². The Labute approximate surface area is 166 Å². The standard InChI is InChI=1S/C15H23N5O2.C2HF3O2/c1-18(2)14(21)20-8-9-22-15(12-20)4-3-7-19(11-15)13-10-16-5-6-17-13;3-2(4,5)1(6)7/h5-6,10H,3-4,7-9,11-12H2,1-2H3;(H,6,7). The van der Waals surface area contributed by atoms with Crippen molar-refractivity contribution in [3.05, 3.63) is 18.6 Å². The van der Waals surface area contributed by atoms with Gasteiger partial charge in [-0.15, -0.1) is 0 Å². The molecule has 0 aromatic carbocycles. The molecular formula is C17H24F3N5O4. The van der Waals surface area contributed by atoms with Crippen molar-refractivity contribution >= 4 is 17.8 Å². The van der Waals surface area contributed by atoms with E-state index < -0.39 is 12.1 Å². The van der Waals surface area contributed by atoms with Crippen molar-refractivity contribution in [3.8, 4) is 0 Å². The minimum absolute atomic E-state index is 0.0549. The molecule has 3 heterocycles. The number of piperidine rings is 1. The molecule has 0 radical (unpaired) electrons. The number of rotatable bonds is 1. The molecule has 1 unspecified atom stereocenters. The van der Waals surface area contributed by atoms with Crippen LogP contribution in [0.4, 0.5) is 23.8 Å². The Hall–Kier alpha value is -2.63. The highest BCUT2D eigenvalue weighted by atomic mass is 19.4. The van der Waals surface area contributed by atoms with Crippen molar-refractivity contribution in [2.24, 2.45) is 0 Å². The second kappa shape index (κ2) is 9.25. The number of carbonyl (C=O) groups excluding carboxylic acids is 1. The lowest BCUT2D eigenvalue weighted by molar-refractivity contribution is -0.192. The van der Waals surface area contributed by atoms with E-state index in [0.29, 0.717) is 19.7 Å². The molecule has 2 fully saturated rings. The fourth-order valence-corrected chi connectivity index (χ4v) is 3.29. The average molecular weight is 419 g/mol. The number of nitrogens with zero attached hydrogens (tertiary/aromatic N) is 5. The zero-order chi connectivity index (χ0) is 21.7. The van der Waals surface area contributed by atoms with Gasteiger partial charge in [-0.1, -0.05) is 0 Å². The first kappa shape index (κ1) is 22.7. The van der Waals surface area contributed by atoms with Gasteiger partial charge in [0.15, 0.2) is 0 Å². The van der Waals surface area contributed by atoms with Crippen LogP contribution in [0.2, 0.25) is 0 Å². The number of aliphatic carboxylic acids is 1. The van der Waals surface area contributed by atoms with Crippen LogP contribution >= 0.6 is 0 Å². The van der Waals surface area contributed by atoms with Crippen LogP contribution in [0.15, 0.2) is 18.6 Å². The second-order valence-electron chi connectivity index (χ2n) is 7.02. The molecular weight excluding hydrogens is 395 g/mol. The van der Waals surface area contributed by atoms with Gasteiger partial charge < -0.3 is 24.5 Å². The van der Waals surface area contributed by atoms with Gasteiger partial charge in [-0.25, -0.2) is 14.6 Å². The van der Waals surface area contributed by atoms with E-state index in [0.717, 1.165) is 31.7 Å². The van der Waals surface area contributed by atoms with Crippen LogP contribution in [0.3, 0.4) is 0 Å². The first-order valence-corrected chi connectivity index (χ1v) is 8.95. The molecule has 0 aliphatic carbocycles. The zero-order valence-corrected chi connectivity index (χ0v) is 16.2. The summed E-state index contributed by atoms with van der Waals surface area (Å²) in [7, 11) is 3.58. The molecule has 2 amide bonds. The van der Waals surface area contributed by atoms with Crippen LogP contribution in [0.5, 0.6) is 0 Å². The Morgan fingerprint density at radius 2 is 1.93 bits per heavy atom. The molecule has 0 bridgehead atoms. The lowest BCUT2D eigenvalue weighted by Gasteiger charge is -2.48. The molecule has 1 aromatic rings. The molecule has 3 rings (SSSR count). The largest absolute Gasteiger partial charge is 0.490 e. The SMILES string of the molecule is CN(C)C(=O)N1CCOC2(CCCN(c3cnccn3)C2)C1.O=C(O)C(F)(F)F. The number of anilines is 1. The average Bonchev–Trinajstić information content (AvgIpc) is 2.68. The van der Waals surface area contributed by atoms with E-state index in [9.17, 15) is 18.0 Å². The van der Waals surface area contributed by atoms with E-state index in [-0.39, 0.29) is 11.6 Å². The number of carboxylic acids is 1. The second-order valence-corrected chi connectivity index (χ2v) is 7.02. The number of halogens is 3. The van der Waals surface area contributed by atoms with E-state index in [1.54, 1.807) is 37.6 Å². The first-order valence-electron chi connectivity index (χ1n) is 8.95. The normalized spacial score (nSPS) is 22.0. The molecule has 0 saturated carbocycles. The first-order chi connectivity index (χ1) is 13.5. The van der Waals surface area contributed by atoms with Crippen molar-refractivity contribution in [1.82, 2.24) is 19.8 Å². The van der Waals surface area contributed by atoms with Crippen molar-refractivity contribution in [2.45, 2.75) is 24.6 Å². The van der Waals surface area contributed by atoms with Crippen molar-refractivity contribution in [3.63, 3.8) is 0 Å². The minimum atomic E-state index is -5.08. The van der Waals surface area contributed by atoms with E-state index in [2.05, 4.69) is 14.9 Å². The third kappa shape index (κ3) is 6.17. The molecule has 162 valence electrons. The number of amides is 2. The molecule has 1 spiro atoms. The van der Waals surface area contributed by atoms with Gasteiger partial charge in [0.25, 0.3) is 0 Å². The number of aromatic nitrogens is 2. The molecule has 1 aromatic heterocycles. The fraction of sp³-hybridized carbons (Fsp3) is 0.647. The topological polar surface area (TPSA) is 99.1 Å². The summed E-state index contributed by atoms with van der Waals surface area (Å²) in [6.45, 7) is 3.59.